The van der Waals surface area contributed by atoms with Crippen molar-refractivity contribution in [2.75, 3.05) is 6.61 Å². The van der Waals surface area contributed by atoms with Gasteiger partial charge in [-0.1, -0.05) is 54.6 Å². The molecule has 0 aromatic heterocycles. The fourth-order valence-corrected chi connectivity index (χ4v) is 4.92. The largest absolute Gasteiger partial charge is 0.459 e. The van der Waals surface area contributed by atoms with Crippen LogP contribution in [0.3, 0.4) is 0 Å². The van der Waals surface area contributed by atoms with Crippen molar-refractivity contribution >= 4 is 12.0 Å². The molecule has 1 unspecified atom stereocenters. The standard InChI is InChI=1S/C30H27F3O3/c1-2-3-18-4-6-19(7-5-18)23-14-15-24(29(33)28(23)32)20-8-11-22(12-9-20)36-30(34)21-10-13-25(26(31)16-21)27-17-35-27/h2-7,10,13-16,20,22,27H,8-9,11-12,17H2,1H3/b3-2+. The minimum absolute atomic E-state index is 0.154. The van der Waals surface area contributed by atoms with Crippen LogP contribution in [0.25, 0.3) is 17.2 Å². The van der Waals surface area contributed by atoms with Gasteiger partial charge < -0.3 is 9.47 Å². The van der Waals surface area contributed by atoms with Gasteiger partial charge in [0.05, 0.1) is 12.2 Å². The highest BCUT2D eigenvalue weighted by molar-refractivity contribution is 5.89. The topological polar surface area (TPSA) is 38.8 Å². The lowest BCUT2D eigenvalue weighted by Crippen LogP contribution is -2.24. The molecule has 3 nitrogen and oxygen atoms in total. The molecule has 0 N–H and O–H groups in total. The van der Waals surface area contributed by atoms with Crippen LogP contribution in [-0.2, 0) is 9.47 Å². The lowest BCUT2D eigenvalue weighted by atomic mass is 9.82. The van der Waals surface area contributed by atoms with Gasteiger partial charge in [0, 0.05) is 11.1 Å². The Hall–Kier alpha value is -3.38. The number of benzene rings is 3. The molecule has 186 valence electrons. The van der Waals surface area contributed by atoms with Crippen LogP contribution in [0.15, 0.2) is 60.7 Å². The molecular formula is C30H27F3O3. The maximum atomic E-state index is 15.1. The smallest absolute Gasteiger partial charge is 0.338 e. The van der Waals surface area contributed by atoms with Crippen molar-refractivity contribution in [3.05, 3.63) is 100 Å². The number of carbonyl (C=O) groups is 1. The monoisotopic (exact) mass is 492 g/mol. The zero-order valence-corrected chi connectivity index (χ0v) is 20.0. The van der Waals surface area contributed by atoms with Gasteiger partial charge in [0.1, 0.15) is 18.0 Å². The Labute approximate surface area is 208 Å². The molecule has 0 bridgehead atoms. The Morgan fingerprint density at radius 3 is 2.25 bits per heavy atom. The third kappa shape index (κ3) is 5.09. The highest BCUT2D eigenvalue weighted by atomic mass is 19.2. The third-order valence-electron chi connectivity index (χ3n) is 7.00. The maximum absolute atomic E-state index is 15.1. The van der Waals surface area contributed by atoms with Crippen molar-refractivity contribution in [3.8, 4) is 11.1 Å². The summed E-state index contributed by atoms with van der Waals surface area (Å²) >= 11 is 0. The van der Waals surface area contributed by atoms with Crippen LogP contribution in [0.4, 0.5) is 13.2 Å². The van der Waals surface area contributed by atoms with Gasteiger partial charge in [0.15, 0.2) is 11.6 Å². The summed E-state index contributed by atoms with van der Waals surface area (Å²) in [6.45, 7) is 2.41. The number of esters is 1. The summed E-state index contributed by atoms with van der Waals surface area (Å²) in [5.74, 6) is -2.88. The second-order valence-corrected chi connectivity index (χ2v) is 9.39. The van der Waals surface area contributed by atoms with E-state index in [1.807, 2.05) is 31.2 Å². The summed E-state index contributed by atoms with van der Waals surface area (Å²) in [7, 11) is 0. The van der Waals surface area contributed by atoms with Crippen molar-refractivity contribution in [3.63, 3.8) is 0 Å². The molecule has 6 heteroatoms. The van der Waals surface area contributed by atoms with E-state index in [-0.39, 0.29) is 29.3 Å². The predicted molar refractivity (Wildman–Crippen MR) is 132 cm³/mol. The Morgan fingerprint density at radius 1 is 0.917 bits per heavy atom. The van der Waals surface area contributed by atoms with Crippen molar-refractivity contribution in [2.24, 2.45) is 0 Å². The normalized spacial score (nSPS) is 21.5. The summed E-state index contributed by atoms with van der Waals surface area (Å²) in [5.41, 5.74) is 2.80. The van der Waals surface area contributed by atoms with Crippen molar-refractivity contribution in [1.82, 2.24) is 0 Å². The zero-order chi connectivity index (χ0) is 25.2. The van der Waals surface area contributed by atoms with E-state index in [2.05, 4.69) is 0 Å². The molecule has 0 spiro atoms. The molecule has 1 heterocycles. The first kappa shape index (κ1) is 24.3. The fourth-order valence-electron chi connectivity index (χ4n) is 4.92. The van der Waals surface area contributed by atoms with Gasteiger partial charge in [-0.15, -0.1) is 0 Å². The SMILES string of the molecule is C/C=C/c1ccc(-c2ccc(C3CCC(OC(=O)c4ccc(C5CO5)c(F)c4)CC3)c(F)c2F)cc1. The van der Waals surface area contributed by atoms with E-state index in [0.717, 1.165) is 5.56 Å². The van der Waals surface area contributed by atoms with Crippen molar-refractivity contribution in [1.29, 1.82) is 0 Å². The van der Waals surface area contributed by atoms with Gasteiger partial charge in [0.2, 0.25) is 0 Å². The number of ether oxygens (including phenoxy) is 2. The minimum atomic E-state index is -0.845. The van der Waals surface area contributed by atoms with Crippen LogP contribution in [0.2, 0.25) is 0 Å². The van der Waals surface area contributed by atoms with Crippen molar-refractivity contribution in [2.45, 2.75) is 50.7 Å². The molecule has 1 saturated carbocycles. The van der Waals surface area contributed by atoms with Gasteiger partial charge in [-0.25, -0.2) is 18.0 Å². The van der Waals surface area contributed by atoms with Crippen LogP contribution in [0.1, 0.15) is 71.7 Å². The van der Waals surface area contributed by atoms with E-state index >= 15 is 8.78 Å². The van der Waals surface area contributed by atoms with E-state index < -0.39 is 23.4 Å². The van der Waals surface area contributed by atoms with Gasteiger partial charge >= 0.3 is 5.97 Å². The number of carbonyl (C=O) groups excluding carboxylic acids is 1. The van der Waals surface area contributed by atoms with E-state index in [0.29, 0.717) is 49.0 Å². The van der Waals surface area contributed by atoms with Gasteiger partial charge in [-0.2, -0.15) is 0 Å². The van der Waals surface area contributed by atoms with Crippen LogP contribution in [0.5, 0.6) is 0 Å². The summed E-state index contributed by atoms with van der Waals surface area (Å²) in [4.78, 5) is 12.5. The number of epoxide rings is 1. The molecule has 3 aromatic rings. The Kier molecular flexibility index (Phi) is 6.97. The average Bonchev–Trinajstić information content (AvgIpc) is 3.72. The van der Waals surface area contributed by atoms with E-state index in [4.69, 9.17) is 9.47 Å². The fraction of sp³-hybridized carbons (Fsp3) is 0.300. The first-order valence-corrected chi connectivity index (χ1v) is 12.3. The first-order valence-electron chi connectivity index (χ1n) is 12.3. The van der Waals surface area contributed by atoms with E-state index in [9.17, 15) is 9.18 Å². The number of allylic oxidation sites excluding steroid dienone is 1. The van der Waals surface area contributed by atoms with E-state index in [1.165, 1.54) is 6.07 Å². The molecular weight excluding hydrogens is 465 g/mol. The summed E-state index contributed by atoms with van der Waals surface area (Å²) in [6, 6.07) is 14.9. The Balaban J connectivity index is 1.21. The molecule has 3 aromatic carbocycles. The van der Waals surface area contributed by atoms with Crippen LogP contribution < -0.4 is 0 Å². The summed E-state index contributed by atoms with van der Waals surface area (Å²) in [5, 5.41) is 0. The van der Waals surface area contributed by atoms with Crippen molar-refractivity contribution < 1.29 is 27.4 Å². The average molecular weight is 493 g/mol. The van der Waals surface area contributed by atoms with E-state index in [1.54, 1.807) is 36.4 Å². The Bertz CT molecular complexity index is 1290. The summed E-state index contributed by atoms with van der Waals surface area (Å²) in [6.07, 6.45) is 5.48. The molecule has 36 heavy (non-hydrogen) atoms. The maximum Gasteiger partial charge on any atom is 0.338 e. The molecule has 1 aliphatic heterocycles. The van der Waals surface area contributed by atoms with Gasteiger partial charge in [-0.3, -0.25) is 0 Å². The quantitative estimate of drug-likeness (QED) is 0.261. The Morgan fingerprint density at radius 2 is 1.61 bits per heavy atom. The molecule has 0 radical (unpaired) electrons. The van der Waals surface area contributed by atoms with Gasteiger partial charge in [0.25, 0.3) is 0 Å². The zero-order valence-electron chi connectivity index (χ0n) is 20.0. The van der Waals surface area contributed by atoms with Crippen LogP contribution in [-0.4, -0.2) is 18.7 Å². The first-order chi connectivity index (χ1) is 17.4. The summed E-state index contributed by atoms with van der Waals surface area (Å²) < 4.78 is 55.0. The molecule has 5 rings (SSSR count). The molecule has 1 aliphatic carbocycles. The molecule has 1 saturated heterocycles. The number of halogens is 3. The highest BCUT2D eigenvalue weighted by Gasteiger charge is 2.30. The van der Waals surface area contributed by atoms with Crippen LogP contribution in [0, 0.1) is 17.5 Å². The van der Waals surface area contributed by atoms with Gasteiger partial charge in [-0.05, 0) is 67.3 Å². The second kappa shape index (κ2) is 10.3. The predicted octanol–water partition coefficient (Wildman–Crippen LogP) is 7.76. The van der Waals surface area contributed by atoms with Crippen LogP contribution >= 0.6 is 0 Å². The lowest BCUT2D eigenvalue weighted by molar-refractivity contribution is 0.0193. The third-order valence-corrected chi connectivity index (χ3v) is 7.00. The molecule has 2 fully saturated rings. The highest BCUT2D eigenvalue weighted by Crippen LogP contribution is 2.38. The molecule has 0 amide bonds. The number of hydrogen-bond donors (Lipinski definition) is 0. The molecule has 2 aliphatic rings. The number of rotatable bonds is 6. The second-order valence-electron chi connectivity index (χ2n) is 9.39. The molecule has 1 atom stereocenters. The number of hydrogen-bond acceptors (Lipinski definition) is 3. The minimum Gasteiger partial charge on any atom is -0.459 e. The lowest BCUT2D eigenvalue weighted by Gasteiger charge is -2.29.